The maximum absolute atomic E-state index is 12.9. The number of imide groups is 1. The van der Waals surface area contributed by atoms with Gasteiger partial charge in [-0.2, -0.15) is 0 Å². The van der Waals surface area contributed by atoms with Crippen molar-refractivity contribution in [2.75, 3.05) is 7.11 Å². The molecule has 5 nitrogen and oxygen atoms in total. The largest absolute Gasteiger partial charge is 0.495 e. The third-order valence-corrected chi connectivity index (χ3v) is 6.05. The van der Waals surface area contributed by atoms with E-state index in [1.165, 1.54) is 4.90 Å². The Morgan fingerprint density at radius 3 is 2.43 bits per heavy atom. The molecule has 2 heterocycles. The van der Waals surface area contributed by atoms with Gasteiger partial charge >= 0.3 is 0 Å². The van der Waals surface area contributed by atoms with E-state index in [1.807, 2.05) is 80.6 Å². The lowest BCUT2D eigenvalue weighted by Gasteiger charge is -2.13. The number of carbonyl (C=O) groups is 2. The molecular formula is C24H22N2O3S. The molecule has 1 aliphatic heterocycles. The normalized spacial score (nSPS) is 15.3. The van der Waals surface area contributed by atoms with Gasteiger partial charge in [-0.05, 0) is 61.0 Å². The van der Waals surface area contributed by atoms with Crippen molar-refractivity contribution in [1.29, 1.82) is 0 Å². The van der Waals surface area contributed by atoms with Crippen molar-refractivity contribution in [1.82, 2.24) is 9.47 Å². The zero-order valence-corrected chi connectivity index (χ0v) is 17.9. The van der Waals surface area contributed by atoms with Crippen molar-refractivity contribution in [3.05, 3.63) is 88.1 Å². The van der Waals surface area contributed by atoms with E-state index in [4.69, 9.17) is 4.74 Å². The van der Waals surface area contributed by atoms with E-state index in [-0.39, 0.29) is 17.7 Å². The zero-order valence-electron chi connectivity index (χ0n) is 17.1. The number of amides is 2. The Labute approximate surface area is 180 Å². The second-order valence-corrected chi connectivity index (χ2v) is 8.08. The van der Waals surface area contributed by atoms with Crippen LogP contribution < -0.4 is 4.74 Å². The summed E-state index contributed by atoms with van der Waals surface area (Å²) in [6, 6.07) is 19.4. The number of hydrogen-bond donors (Lipinski definition) is 0. The third-order valence-electron chi connectivity index (χ3n) is 5.14. The van der Waals surface area contributed by atoms with Gasteiger partial charge in [0.25, 0.3) is 11.1 Å². The van der Waals surface area contributed by atoms with Crippen LogP contribution in [0.3, 0.4) is 0 Å². The van der Waals surface area contributed by atoms with Gasteiger partial charge in [0.2, 0.25) is 0 Å². The molecule has 1 saturated heterocycles. The highest BCUT2D eigenvalue weighted by Gasteiger charge is 2.35. The van der Waals surface area contributed by atoms with Crippen LogP contribution in [0, 0.1) is 13.8 Å². The quantitative estimate of drug-likeness (QED) is 0.525. The molecule has 1 fully saturated rings. The van der Waals surface area contributed by atoms with Gasteiger partial charge in [0.15, 0.2) is 0 Å². The SMILES string of the molecule is COc1ccccc1-n1c(C)cc(/C=C2\SC(=O)N(Cc3ccccc3)C2=O)c1C. The van der Waals surface area contributed by atoms with Gasteiger partial charge in [-0.3, -0.25) is 14.5 Å². The monoisotopic (exact) mass is 418 g/mol. The molecule has 0 radical (unpaired) electrons. The number of methoxy groups -OCH3 is 1. The summed E-state index contributed by atoms with van der Waals surface area (Å²) >= 11 is 0.988. The Kier molecular flexibility index (Phi) is 5.50. The van der Waals surface area contributed by atoms with Gasteiger partial charge in [-0.1, -0.05) is 42.5 Å². The number of benzene rings is 2. The number of ether oxygens (including phenoxy) is 1. The fraction of sp³-hybridized carbons (Fsp3) is 0.167. The highest BCUT2D eigenvalue weighted by atomic mass is 32.2. The molecule has 0 N–H and O–H groups in total. The first-order valence-electron chi connectivity index (χ1n) is 9.61. The van der Waals surface area contributed by atoms with Crippen molar-refractivity contribution in [2.24, 2.45) is 0 Å². The van der Waals surface area contributed by atoms with Crippen LogP contribution in [0.15, 0.2) is 65.6 Å². The minimum Gasteiger partial charge on any atom is -0.495 e. The summed E-state index contributed by atoms with van der Waals surface area (Å²) in [4.78, 5) is 27.1. The van der Waals surface area contributed by atoms with Gasteiger partial charge in [0.05, 0.1) is 24.2 Å². The molecule has 0 bridgehead atoms. The van der Waals surface area contributed by atoms with E-state index < -0.39 is 0 Å². The molecular weight excluding hydrogens is 396 g/mol. The van der Waals surface area contributed by atoms with E-state index >= 15 is 0 Å². The van der Waals surface area contributed by atoms with Gasteiger partial charge < -0.3 is 9.30 Å². The molecule has 0 aliphatic carbocycles. The second kappa shape index (κ2) is 8.24. The molecule has 0 atom stereocenters. The molecule has 2 amide bonds. The average molecular weight is 419 g/mol. The van der Waals surface area contributed by atoms with E-state index in [0.29, 0.717) is 4.91 Å². The van der Waals surface area contributed by atoms with Gasteiger partial charge in [-0.25, -0.2) is 0 Å². The molecule has 152 valence electrons. The summed E-state index contributed by atoms with van der Waals surface area (Å²) in [7, 11) is 1.65. The number of hydrogen-bond acceptors (Lipinski definition) is 4. The van der Waals surface area contributed by atoms with Crippen molar-refractivity contribution < 1.29 is 14.3 Å². The van der Waals surface area contributed by atoms with Gasteiger partial charge in [0, 0.05) is 11.4 Å². The molecule has 4 rings (SSSR count). The lowest BCUT2D eigenvalue weighted by Crippen LogP contribution is -2.27. The third kappa shape index (κ3) is 3.66. The predicted molar refractivity (Wildman–Crippen MR) is 120 cm³/mol. The van der Waals surface area contributed by atoms with Crippen molar-refractivity contribution in [3.63, 3.8) is 0 Å². The molecule has 0 saturated carbocycles. The van der Waals surface area contributed by atoms with Crippen molar-refractivity contribution >= 4 is 29.0 Å². The van der Waals surface area contributed by atoms with Crippen molar-refractivity contribution in [2.45, 2.75) is 20.4 Å². The average Bonchev–Trinajstić information content (AvgIpc) is 3.18. The minimum atomic E-state index is -0.254. The summed E-state index contributed by atoms with van der Waals surface area (Å²) in [5, 5.41) is -0.242. The van der Waals surface area contributed by atoms with Gasteiger partial charge in [-0.15, -0.1) is 0 Å². The Morgan fingerprint density at radius 1 is 1.00 bits per heavy atom. The van der Waals surface area contributed by atoms with Crippen LogP contribution in [0.25, 0.3) is 11.8 Å². The number of rotatable bonds is 5. The van der Waals surface area contributed by atoms with E-state index in [1.54, 1.807) is 7.11 Å². The number of aryl methyl sites for hydroxylation is 1. The first-order valence-corrected chi connectivity index (χ1v) is 10.4. The highest BCUT2D eigenvalue weighted by molar-refractivity contribution is 8.18. The van der Waals surface area contributed by atoms with E-state index in [9.17, 15) is 9.59 Å². The van der Waals surface area contributed by atoms with Crippen LogP contribution in [0.1, 0.15) is 22.5 Å². The van der Waals surface area contributed by atoms with Crippen molar-refractivity contribution in [3.8, 4) is 11.4 Å². The maximum Gasteiger partial charge on any atom is 0.293 e. The van der Waals surface area contributed by atoms with Crippen LogP contribution in [-0.2, 0) is 11.3 Å². The summed E-state index contributed by atoms with van der Waals surface area (Å²) < 4.78 is 7.60. The first kappa shape index (κ1) is 20.0. The standard InChI is InChI=1S/C24H22N2O3S/c1-16-13-19(17(2)26(16)20-11-7-8-12-21(20)29-3)14-22-23(27)25(24(28)30-22)15-18-9-5-4-6-10-18/h4-14H,15H2,1-3H3/b22-14-. The zero-order chi connectivity index (χ0) is 21.3. The minimum absolute atomic E-state index is 0.242. The maximum atomic E-state index is 12.9. The number of para-hydroxylation sites is 2. The smallest absolute Gasteiger partial charge is 0.293 e. The molecule has 30 heavy (non-hydrogen) atoms. The van der Waals surface area contributed by atoms with Gasteiger partial charge in [0.1, 0.15) is 5.75 Å². The van der Waals surface area contributed by atoms with Crippen LogP contribution in [0.5, 0.6) is 5.75 Å². The number of aromatic nitrogens is 1. The molecule has 0 spiro atoms. The summed E-state index contributed by atoms with van der Waals surface area (Å²) in [5.41, 5.74) is 4.77. The van der Waals surface area contributed by atoms with Crippen LogP contribution in [0.4, 0.5) is 4.79 Å². The first-order chi connectivity index (χ1) is 14.5. The Balaban J connectivity index is 1.66. The summed E-state index contributed by atoms with van der Waals surface area (Å²) in [6.45, 7) is 4.29. The fourth-order valence-corrected chi connectivity index (χ4v) is 4.49. The summed E-state index contributed by atoms with van der Waals surface area (Å²) in [5.74, 6) is 0.519. The molecule has 3 aromatic rings. The van der Waals surface area contributed by atoms with Crippen LogP contribution in [-0.4, -0.2) is 27.7 Å². The molecule has 0 unspecified atom stereocenters. The van der Waals surface area contributed by atoms with Crippen LogP contribution >= 0.6 is 11.8 Å². The second-order valence-electron chi connectivity index (χ2n) is 7.09. The molecule has 1 aromatic heterocycles. The Hall–Kier alpha value is -3.25. The van der Waals surface area contributed by atoms with E-state index in [0.717, 1.165) is 45.7 Å². The molecule has 6 heteroatoms. The lowest BCUT2D eigenvalue weighted by molar-refractivity contribution is -0.123. The Morgan fingerprint density at radius 2 is 1.70 bits per heavy atom. The van der Waals surface area contributed by atoms with Crippen LogP contribution in [0.2, 0.25) is 0 Å². The fourth-order valence-electron chi connectivity index (χ4n) is 3.66. The summed E-state index contributed by atoms with van der Waals surface area (Å²) in [6.07, 6.45) is 1.81. The highest BCUT2D eigenvalue weighted by Crippen LogP contribution is 2.35. The molecule has 1 aliphatic rings. The number of thioether (sulfide) groups is 1. The predicted octanol–water partition coefficient (Wildman–Crippen LogP) is 5.34. The number of nitrogens with zero attached hydrogens (tertiary/aromatic N) is 2. The topological polar surface area (TPSA) is 51.5 Å². The lowest BCUT2D eigenvalue weighted by atomic mass is 10.2. The van der Waals surface area contributed by atoms with E-state index in [2.05, 4.69) is 4.57 Å². The Bertz CT molecular complexity index is 1150. The molecule has 2 aromatic carbocycles. The number of carbonyl (C=O) groups excluding carboxylic acids is 2.